The van der Waals surface area contributed by atoms with Crippen molar-refractivity contribution in [2.75, 3.05) is 6.54 Å². The molecule has 1 aromatic rings. The van der Waals surface area contributed by atoms with Crippen LogP contribution >= 0.6 is 12.4 Å². The highest BCUT2D eigenvalue weighted by Crippen LogP contribution is 2.33. The van der Waals surface area contributed by atoms with Gasteiger partial charge in [0.1, 0.15) is 0 Å². The molecule has 1 aromatic carbocycles. The van der Waals surface area contributed by atoms with Gasteiger partial charge in [-0.2, -0.15) is 0 Å². The van der Waals surface area contributed by atoms with Crippen molar-refractivity contribution in [2.24, 2.45) is 0 Å². The number of carbonyl (C=O) groups is 1. The molecule has 1 heterocycles. The van der Waals surface area contributed by atoms with Gasteiger partial charge in [0.2, 0.25) is 0 Å². The molecule has 0 bridgehead atoms. The minimum atomic E-state index is -0.245. The average molecular weight is 266 g/mol. The van der Waals surface area contributed by atoms with Crippen LogP contribution in [0.1, 0.15) is 48.0 Å². The van der Waals surface area contributed by atoms with E-state index in [1.54, 1.807) is 0 Å². The minimum Gasteiger partial charge on any atom is -0.305 e. The minimum absolute atomic E-state index is 0. The number of ketones is 1. The number of halogens is 1. The van der Waals surface area contributed by atoms with Crippen LogP contribution in [-0.2, 0) is 6.42 Å². The van der Waals surface area contributed by atoms with Gasteiger partial charge in [0.05, 0.1) is 5.54 Å². The Balaban J connectivity index is 0.00000120. The molecule has 1 aliphatic heterocycles. The first kappa shape index (κ1) is 13.6. The molecule has 1 atom stereocenters. The van der Waals surface area contributed by atoms with Crippen LogP contribution in [0.15, 0.2) is 24.3 Å². The summed E-state index contributed by atoms with van der Waals surface area (Å²) in [7, 11) is 0. The summed E-state index contributed by atoms with van der Waals surface area (Å²) in [4.78, 5) is 12.7. The van der Waals surface area contributed by atoms with Gasteiger partial charge in [-0.15, -0.1) is 12.4 Å². The number of rotatable bonds is 0. The van der Waals surface area contributed by atoms with E-state index in [0.29, 0.717) is 5.78 Å². The molecule has 18 heavy (non-hydrogen) atoms. The first-order chi connectivity index (χ1) is 8.32. The third-order valence-corrected chi connectivity index (χ3v) is 4.26. The van der Waals surface area contributed by atoms with Gasteiger partial charge < -0.3 is 5.32 Å². The summed E-state index contributed by atoms with van der Waals surface area (Å²) in [5.74, 6) is 0.334. The fraction of sp³-hybridized carbons (Fsp3) is 0.533. The molecule has 3 rings (SSSR count). The zero-order valence-electron chi connectivity index (χ0n) is 10.6. The number of benzene rings is 1. The Morgan fingerprint density at radius 3 is 2.78 bits per heavy atom. The lowest BCUT2D eigenvalue weighted by Gasteiger charge is -2.36. The lowest BCUT2D eigenvalue weighted by Crippen LogP contribution is -2.54. The van der Waals surface area contributed by atoms with E-state index in [9.17, 15) is 4.79 Å². The Hall–Kier alpha value is -0.860. The second-order valence-corrected chi connectivity index (χ2v) is 5.31. The Bertz CT molecular complexity index is 436. The highest BCUT2D eigenvalue weighted by molar-refractivity contribution is 6.05. The Morgan fingerprint density at radius 1 is 1.06 bits per heavy atom. The lowest BCUT2D eigenvalue weighted by atomic mass is 9.74. The third-order valence-electron chi connectivity index (χ3n) is 4.26. The first-order valence-corrected chi connectivity index (χ1v) is 6.70. The molecule has 0 saturated carbocycles. The molecule has 1 spiro atoms. The van der Waals surface area contributed by atoms with Crippen LogP contribution in [0.25, 0.3) is 0 Å². The van der Waals surface area contributed by atoms with Crippen LogP contribution in [0.5, 0.6) is 0 Å². The number of aryl methyl sites for hydroxylation is 1. The maximum atomic E-state index is 12.7. The van der Waals surface area contributed by atoms with Crippen LogP contribution < -0.4 is 5.32 Å². The van der Waals surface area contributed by atoms with Crippen LogP contribution in [0.3, 0.4) is 0 Å². The summed E-state index contributed by atoms with van der Waals surface area (Å²) in [5, 5.41) is 3.54. The number of hydrogen-bond donors (Lipinski definition) is 1. The Kier molecular flexibility index (Phi) is 4.08. The molecule has 1 unspecified atom stereocenters. The highest BCUT2D eigenvalue weighted by atomic mass is 35.5. The van der Waals surface area contributed by atoms with Gasteiger partial charge >= 0.3 is 0 Å². The molecule has 3 heteroatoms. The maximum Gasteiger partial charge on any atom is 0.183 e. The number of fused-ring (bicyclic) bond motifs is 1. The molecule has 1 aliphatic carbocycles. The van der Waals surface area contributed by atoms with E-state index in [1.165, 1.54) is 24.8 Å². The summed E-state index contributed by atoms with van der Waals surface area (Å²) in [6.45, 7) is 0.994. The van der Waals surface area contributed by atoms with E-state index in [2.05, 4.69) is 11.4 Å². The van der Waals surface area contributed by atoms with Gasteiger partial charge in [0, 0.05) is 5.56 Å². The Morgan fingerprint density at radius 2 is 1.89 bits per heavy atom. The molecular formula is C15H20ClNO. The lowest BCUT2D eigenvalue weighted by molar-refractivity contribution is 0.0816. The molecule has 1 fully saturated rings. The zero-order chi connectivity index (χ0) is 11.7. The largest absolute Gasteiger partial charge is 0.305 e. The van der Waals surface area contributed by atoms with E-state index < -0.39 is 0 Å². The van der Waals surface area contributed by atoms with Gasteiger partial charge in [-0.25, -0.2) is 0 Å². The fourth-order valence-corrected chi connectivity index (χ4v) is 3.23. The molecule has 1 N–H and O–H groups in total. The van der Waals surface area contributed by atoms with Crippen LogP contribution in [0.4, 0.5) is 0 Å². The van der Waals surface area contributed by atoms with Gasteiger partial charge in [0.15, 0.2) is 5.78 Å². The molecule has 1 saturated heterocycles. The van der Waals surface area contributed by atoms with E-state index in [4.69, 9.17) is 0 Å². The summed E-state index contributed by atoms with van der Waals surface area (Å²) in [6.07, 6.45) is 6.67. The van der Waals surface area contributed by atoms with E-state index >= 15 is 0 Å². The zero-order valence-corrected chi connectivity index (χ0v) is 11.4. The third kappa shape index (κ3) is 2.19. The van der Waals surface area contributed by atoms with E-state index in [0.717, 1.165) is 31.4 Å². The van der Waals surface area contributed by atoms with Crippen molar-refractivity contribution in [3.63, 3.8) is 0 Å². The van der Waals surface area contributed by atoms with Crippen LogP contribution in [0, 0.1) is 0 Å². The predicted octanol–water partition coefficient (Wildman–Crippen LogP) is 3.14. The van der Waals surface area contributed by atoms with Crippen molar-refractivity contribution in [2.45, 2.75) is 44.1 Å². The Labute approximate surface area is 115 Å². The number of hydrogen-bond acceptors (Lipinski definition) is 2. The molecule has 2 aliphatic rings. The molecule has 2 nitrogen and oxygen atoms in total. The highest BCUT2D eigenvalue weighted by Gasteiger charge is 2.41. The van der Waals surface area contributed by atoms with E-state index in [1.807, 2.05) is 18.2 Å². The quantitative estimate of drug-likeness (QED) is 0.781. The normalized spacial score (nSPS) is 27.2. The van der Waals surface area contributed by atoms with E-state index in [-0.39, 0.29) is 17.9 Å². The predicted molar refractivity (Wildman–Crippen MR) is 75.5 cm³/mol. The van der Waals surface area contributed by atoms with Gasteiger partial charge in [-0.05, 0) is 37.8 Å². The number of Topliss-reactive ketones (excluding diaryl/α,β-unsaturated/α-hetero) is 1. The topological polar surface area (TPSA) is 29.1 Å². The van der Waals surface area contributed by atoms with Gasteiger partial charge in [-0.1, -0.05) is 37.1 Å². The fourth-order valence-electron chi connectivity index (χ4n) is 3.23. The molecular weight excluding hydrogens is 246 g/mol. The van der Waals surface area contributed by atoms with Crippen molar-refractivity contribution in [3.8, 4) is 0 Å². The SMILES string of the molecule is Cl.O=C1c2ccccc2CCC12CCCCCN2. The number of carbonyl (C=O) groups excluding carboxylic acids is 1. The summed E-state index contributed by atoms with van der Waals surface area (Å²) < 4.78 is 0. The van der Waals surface area contributed by atoms with Crippen molar-refractivity contribution in [1.82, 2.24) is 5.32 Å². The monoisotopic (exact) mass is 265 g/mol. The molecule has 0 amide bonds. The van der Waals surface area contributed by atoms with Gasteiger partial charge in [-0.3, -0.25) is 4.79 Å². The van der Waals surface area contributed by atoms with Gasteiger partial charge in [0.25, 0.3) is 0 Å². The average Bonchev–Trinajstić information content (AvgIpc) is 2.61. The summed E-state index contributed by atoms with van der Waals surface area (Å²) >= 11 is 0. The standard InChI is InChI=1S/C15H19NO.ClH/c17-14-13-7-3-2-6-12(13)8-10-15(14)9-4-1-5-11-16-15;/h2-3,6-7,16H,1,4-5,8-11H2;1H. The molecule has 0 aromatic heterocycles. The summed E-state index contributed by atoms with van der Waals surface area (Å²) in [6, 6.07) is 8.10. The van der Waals surface area contributed by atoms with Crippen LogP contribution in [0.2, 0.25) is 0 Å². The first-order valence-electron chi connectivity index (χ1n) is 6.70. The second-order valence-electron chi connectivity index (χ2n) is 5.31. The molecule has 98 valence electrons. The maximum absolute atomic E-state index is 12.7. The van der Waals surface area contributed by atoms with Crippen molar-refractivity contribution in [1.29, 1.82) is 0 Å². The summed E-state index contributed by atoms with van der Waals surface area (Å²) in [5.41, 5.74) is 1.94. The van der Waals surface area contributed by atoms with Crippen molar-refractivity contribution >= 4 is 18.2 Å². The second kappa shape index (κ2) is 5.41. The molecule has 0 radical (unpaired) electrons. The van der Waals surface area contributed by atoms with Crippen molar-refractivity contribution in [3.05, 3.63) is 35.4 Å². The van der Waals surface area contributed by atoms with Crippen LogP contribution in [-0.4, -0.2) is 17.9 Å². The smallest absolute Gasteiger partial charge is 0.183 e. The van der Waals surface area contributed by atoms with Crippen molar-refractivity contribution < 1.29 is 4.79 Å². The number of nitrogens with one attached hydrogen (secondary N) is 1.